The first-order valence-electron chi connectivity index (χ1n) is 4.36. The van der Waals surface area contributed by atoms with E-state index in [0.717, 1.165) is 0 Å². The van der Waals surface area contributed by atoms with Crippen LogP contribution in [0.4, 0.5) is 0 Å². The number of aryl methyl sites for hydroxylation is 1. The summed E-state index contributed by atoms with van der Waals surface area (Å²) in [6.07, 6.45) is 2.63. The van der Waals surface area contributed by atoms with Gasteiger partial charge >= 0.3 is 17.1 Å². The van der Waals surface area contributed by atoms with Gasteiger partial charge in [-0.1, -0.05) is 5.75 Å². The zero-order valence-electron chi connectivity index (χ0n) is 9.75. The molecule has 1 heterocycles. The van der Waals surface area contributed by atoms with Gasteiger partial charge in [-0.3, -0.25) is 4.98 Å². The second-order valence-electron chi connectivity index (χ2n) is 2.95. The summed E-state index contributed by atoms with van der Waals surface area (Å²) >= 11 is 4.49. The van der Waals surface area contributed by atoms with E-state index in [1.54, 1.807) is 6.92 Å². The largest absolute Gasteiger partial charge is 2.00 e. The van der Waals surface area contributed by atoms with Gasteiger partial charge in [0.05, 0.1) is 12.8 Å². The minimum Gasteiger partial charge on any atom is -0.871 e. The van der Waals surface area contributed by atoms with E-state index in [4.69, 9.17) is 10.8 Å². The van der Waals surface area contributed by atoms with Crippen LogP contribution in [0.2, 0.25) is 0 Å². The van der Waals surface area contributed by atoms with Crippen molar-refractivity contribution in [1.29, 1.82) is 0 Å². The minimum atomic E-state index is -0.298. The van der Waals surface area contributed by atoms with Crippen LogP contribution in [0.15, 0.2) is 16.4 Å². The molecule has 0 aromatic carbocycles. The van der Waals surface area contributed by atoms with Crippen molar-refractivity contribution in [3.8, 4) is 5.75 Å². The zero-order chi connectivity index (χ0) is 12.1. The fourth-order valence-corrected chi connectivity index (χ4v) is 1.10. The van der Waals surface area contributed by atoms with Crippen LogP contribution in [-0.4, -0.2) is 26.9 Å². The normalized spacial score (nSPS) is 10.3. The zero-order valence-corrected chi connectivity index (χ0v) is 12.3. The van der Waals surface area contributed by atoms with Crippen LogP contribution < -0.4 is 10.8 Å². The number of rotatable bonds is 3. The summed E-state index contributed by atoms with van der Waals surface area (Å²) in [5, 5.41) is 27.5. The molecule has 1 radical (unpaired) electrons. The van der Waals surface area contributed by atoms with Crippen LogP contribution in [0.3, 0.4) is 0 Å². The Labute approximate surface area is 132 Å². The molecule has 1 aromatic heterocycles. The van der Waals surface area contributed by atoms with Crippen molar-refractivity contribution in [2.75, 3.05) is 0 Å². The third-order valence-corrected chi connectivity index (χ3v) is 1.93. The molecule has 19 heavy (non-hydrogen) atoms. The Kier molecular flexibility index (Phi) is 13.3. The Hall–Kier alpha value is -0.961. The van der Waals surface area contributed by atoms with Crippen molar-refractivity contribution in [1.82, 2.24) is 4.98 Å². The topological polar surface area (TPSA) is 138 Å². The molecule has 0 saturated carbocycles. The summed E-state index contributed by atoms with van der Waals surface area (Å²) in [6.45, 7) is 1.28. The van der Waals surface area contributed by atoms with E-state index in [-0.39, 0.29) is 58.0 Å². The van der Waals surface area contributed by atoms with Gasteiger partial charge in [0.15, 0.2) is 0 Å². The van der Waals surface area contributed by atoms with Gasteiger partial charge in [-0.25, -0.2) is 0 Å². The number of nitrogens with two attached hydrogens (primary N) is 1. The summed E-state index contributed by atoms with van der Waals surface area (Å²) in [5.41, 5.74) is 6.07. The van der Waals surface area contributed by atoms with Gasteiger partial charge in [0, 0.05) is 17.5 Å². The number of amidine groups is 1. The first-order valence-corrected chi connectivity index (χ1v) is 4.77. The maximum Gasteiger partial charge on any atom is 2.00 e. The van der Waals surface area contributed by atoms with E-state index in [1.165, 1.54) is 12.4 Å². The van der Waals surface area contributed by atoms with Crippen LogP contribution in [0.25, 0.3) is 0 Å². The number of aliphatic hydroxyl groups excluding tert-OH is 1. The molecule has 0 aliphatic rings. The van der Waals surface area contributed by atoms with Crippen molar-refractivity contribution in [2.24, 2.45) is 15.9 Å². The van der Waals surface area contributed by atoms with Crippen molar-refractivity contribution in [2.45, 2.75) is 13.5 Å². The maximum atomic E-state index is 11.7. The predicted octanol–water partition coefficient (Wildman–Crippen LogP) is -1.25. The molecule has 0 saturated heterocycles. The van der Waals surface area contributed by atoms with Crippen molar-refractivity contribution < 1.29 is 32.8 Å². The van der Waals surface area contributed by atoms with Gasteiger partial charge in [0.2, 0.25) is 0 Å². The van der Waals surface area contributed by atoms with Crippen LogP contribution in [-0.2, 0) is 36.3 Å². The second-order valence-corrected chi connectivity index (χ2v) is 3.37. The Balaban J connectivity index is -0.000000853. The molecule has 0 bridgehead atoms. The molecule has 7 nitrogen and oxygen atoms in total. The molecule has 0 atom stereocenters. The molecular weight excluding hydrogens is 343 g/mol. The monoisotopic (exact) mass is 355 g/mol. The summed E-state index contributed by atoms with van der Waals surface area (Å²) in [4.78, 5) is 3.84. The molecule has 0 unspecified atom stereocenters. The third kappa shape index (κ3) is 6.67. The van der Waals surface area contributed by atoms with Crippen LogP contribution in [0.1, 0.15) is 16.8 Å². The number of nitrogens with zero attached hydrogens (tertiary/aromatic N) is 3. The summed E-state index contributed by atoms with van der Waals surface area (Å²) in [6, 6.07) is 0. The minimum absolute atomic E-state index is 0. The molecule has 0 fully saturated rings. The first-order chi connectivity index (χ1) is 7.56. The molecule has 0 amide bonds. The Morgan fingerprint density at radius 3 is 2.68 bits per heavy atom. The van der Waals surface area contributed by atoms with E-state index in [0.29, 0.717) is 11.3 Å². The Morgan fingerprint density at radius 1 is 1.63 bits per heavy atom. The van der Waals surface area contributed by atoms with Gasteiger partial charge in [0.1, 0.15) is 0 Å². The molecule has 5 N–H and O–H groups in total. The molecule has 1 rings (SSSR count). The van der Waals surface area contributed by atoms with Crippen LogP contribution in [0, 0.1) is 6.92 Å². The van der Waals surface area contributed by atoms with E-state index in [2.05, 4.69) is 27.8 Å². The van der Waals surface area contributed by atoms with E-state index < -0.39 is 0 Å². The van der Waals surface area contributed by atoms with Crippen molar-refractivity contribution >= 4 is 36.4 Å². The first kappa shape index (κ1) is 23.2. The Bertz CT molecular complexity index is 455. The van der Waals surface area contributed by atoms with Crippen LogP contribution >= 0.6 is 12.4 Å². The van der Waals surface area contributed by atoms with E-state index in [9.17, 15) is 5.11 Å². The Morgan fingerprint density at radius 2 is 2.21 bits per heavy atom. The summed E-state index contributed by atoms with van der Waals surface area (Å²) < 4.78 is 0. The number of aromatic nitrogens is 1. The molecule has 0 aliphatic heterocycles. The smallest absolute Gasteiger partial charge is 0.871 e. The average Bonchev–Trinajstić information content (AvgIpc) is 2.24. The van der Waals surface area contributed by atoms with Gasteiger partial charge in [-0.05, 0) is 17.7 Å². The van der Waals surface area contributed by atoms with Gasteiger partial charge in [-0.2, -0.15) is 10.2 Å². The quantitative estimate of drug-likeness (QED) is 0.229. The van der Waals surface area contributed by atoms with E-state index in [1.807, 2.05) is 0 Å². The number of hydrogen-bond donors (Lipinski definition) is 2. The van der Waals surface area contributed by atoms with Crippen LogP contribution in [0.5, 0.6) is 5.75 Å². The maximum absolute atomic E-state index is 11.7. The fraction of sp³-hybridized carbons (Fsp3) is 0.222. The molecule has 0 aliphatic carbocycles. The second kappa shape index (κ2) is 10.9. The molecule has 111 valence electrons. The fourth-order valence-electron chi connectivity index (χ4n) is 1.05. The molecule has 10 heteroatoms. The average molecular weight is 356 g/mol. The number of aliphatic hydroxyl groups is 1. The SMILES string of the molecule is Cc1ncc(CO)c(/C=N/N=C(/N)[S-])c1[O-].Cl.O.[Cu+2]. The van der Waals surface area contributed by atoms with Gasteiger partial charge in [-0.15, -0.1) is 12.4 Å². The summed E-state index contributed by atoms with van der Waals surface area (Å²) in [5.74, 6) is -0.298. The number of pyridine rings is 1. The van der Waals surface area contributed by atoms with Crippen molar-refractivity contribution in [3.05, 3.63) is 23.0 Å². The molecule has 0 spiro atoms. The van der Waals surface area contributed by atoms with Crippen molar-refractivity contribution in [3.63, 3.8) is 0 Å². The third-order valence-electron chi connectivity index (χ3n) is 1.85. The standard InChI is InChI=1S/C9H12N4O2S.ClH.Cu.H2O/c1-5-8(15)7(3-12-13-9(10)16)6(4-14)2-11-5;;;/h2-3,14-15H,4H2,1H3,(H3,10,13,16);1H;;1H2/q;;+2;/p-2/b12-3+;;;. The van der Waals surface area contributed by atoms with Gasteiger partial charge < -0.3 is 34.1 Å². The number of hydrogen-bond acceptors (Lipinski definition) is 6. The predicted molar refractivity (Wildman–Crippen MR) is 71.8 cm³/mol. The van der Waals surface area contributed by atoms with Gasteiger partial charge in [0.25, 0.3) is 0 Å². The summed E-state index contributed by atoms with van der Waals surface area (Å²) in [7, 11) is 0. The van der Waals surface area contributed by atoms with E-state index >= 15 is 0 Å². The molecule has 1 aromatic rings. The molecular formula is C9H13ClCuN4O3S. The number of halogens is 1.